The van der Waals surface area contributed by atoms with Crippen molar-refractivity contribution >= 4 is 11.8 Å². The number of ether oxygens (including phenoxy) is 1. The maximum absolute atomic E-state index is 12.0. The van der Waals surface area contributed by atoms with Crippen molar-refractivity contribution in [1.29, 1.82) is 0 Å². The van der Waals surface area contributed by atoms with Crippen LogP contribution in [-0.4, -0.2) is 56.6 Å². The van der Waals surface area contributed by atoms with E-state index in [9.17, 15) is 9.59 Å². The van der Waals surface area contributed by atoms with Crippen LogP contribution in [0.5, 0.6) is 0 Å². The molecule has 1 rings (SSSR count). The van der Waals surface area contributed by atoms with E-state index < -0.39 is 0 Å². The molecular weight excluding hydrogens is 258 g/mol. The average molecular weight is 285 g/mol. The van der Waals surface area contributed by atoms with Gasteiger partial charge in [-0.05, 0) is 31.6 Å². The van der Waals surface area contributed by atoms with Gasteiger partial charge in [-0.25, -0.2) is 0 Å². The second-order valence-corrected chi connectivity index (χ2v) is 5.58. The summed E-state index contributed by atoms with van der Waals surface area (Å²) < 4.78 is 4.85. The van der Waals surface area contributed by atoms with Crippen LogP contribution in [-0.2, 0) is 14.3 Å². The molecule has 1 fully saturated rings. The molecule has 3 N–H and O–H groups in total. The highest BCUT2D eigenvalue weighted by atomic mass is 16.5. The van der Waals surface area contributed by atoms with Gasteiger partial charge >= 0.3 is 0 Å². The van der Waals surface area contributed by atoms with Gasteiger partial charge in [0.1, 0.15) is 0 Å². The number of methoxy groups -OCH3 is 1. The van der Waals surface area contributed by atoms with Crippen LogP contribution in [0.1, 0.15) is 32.1 Å². The topological polar surface area (TPSA) is 84.7 Å². The van der Waals surface area contributed by atoms with E-state index in [0.29, 0.717) is 31.5 Å². The quantitative estimate of drug-likeness (QED) is 0.650. The van der Waals surface area contributed by atoms with Crippen LogP contribution in [0, 0.1) is 5.92 Å². The van der Waals surface area contributed by atoms with Crippen molar-refractivity contribution in [3.63, 3.8) is 0 Å². The molecule has 0 aromatic rings. The minimum atomic E-state index is -0.149. The predicted molar refractivity (Wildman–Crippen MR) is 77.1 cm³/mol. The van der Waals surface area contributed by atoms with Crippen LogP contribution in [0.2, 0.25) is 0 Å². The Balaban J connectivity index is 2.23. The molecule has 0 spiro atoms. The Hall–Kier alpha value is -1.14. The predicted octanol–water partition coefficient (Wildman–Crippen LogP) is 0.115. The second-order valence-electron chi connectivity index (χ2n) is 5.58. The smallest absolute Gasteiger partial charge is 0.239 e. The lowest BCUT2D eigenvalue weighted by atomic mass is 9.84. The van der Waals surface area contributed by atoms with Gasteiger partial charge in [-0.2, -0.15) is 0 Å². The number of amides is 2. The SMILES string of the molecule is COCCNC(=O)CN(C)C(=O)CC1CCC(N)CC1. The molecule has 0 atom stereocenters. The van der Waals surface area contributed by atoms with Crippen molar-refractivity contribution in [3.05, 3.63) is 0 Å². The van der Waals surface area contributed by atoms with Crippen LogP contribution < -0.4 is 11.1 Å². The Labute approximate surface area is 121 Å². The molecule has 0 unspecified atom stereocenters. The van der Waals surface area contributed by atoms with E-state index in [1.54, 1.807) is 14.2 Å². The molecule has 116 valence electrons. The first-order valence-electron chi connectivity index (χ1n) is 7.28. The van der Waals surface area contributed by atoms with Crippen LogP contribution in [0.3, 0.4) is 0 Å². The highest BCUT2D eigenvalue weighted by molar-refractivity contribution is 5.84. The standard InChI is InChI=1S/C14H27N3O3/c1-17(10-13(18)16-7-8-20-2)14(19)9-11-3-5-12(15)6-4-11/h11-12H,3-10,15H2,1-2H3,(H,16,18). The number of nitrogens with zero attached hydrogens (tertiary/aromatic N) is 1. The normalized spacial score (nSPS) is 22.4. The Bertz CT molecular complexity index is 315. The van der Waals surface area contributed by atoms with E-state index in [1.165, 1.54) is 4.90 Å². The minimum absolute atomic E-state index is 0.0346. The van der Waals surface area contributed by atoms with Gasteiger partial charge in [0, 0.05) is 33.2 Å². The fraction of sp³-hybridized carbons (Fsp3) is 0.857. The molecule has 6 nitrogen and oxygen atoms in total. The number of hydrogen-bond acceptors (Lipinski definition) is 4. The Morgan fingerprint density at radius 3 is 2.55 bits per heavy atom. The zero-order valence-corrected chi connectivity index (χ0v) is 12.6. The number of nitrogens with two attached hydrogens (primary N) is 1. The third kappa shape index (κ3) is 6.34. The maximum Gasteiger partial charge on any atom is 0.239 e. The van der Waals surface area contributed by atoms with Gasteiger partial charge in [-0.15, -0.1) is 0 Å². The summed E-state index contributed by atoms with van der Waals surface area (Å²) in [4.78, 5) is 25.1. The molecule has 1 aliphatic rings. The van der Waals surface area contributed by atoms with E-state index in [1.807, 2.05) is 0 Å². The Morgan fingerprint density at radius 2 is 1.95 bits per heavy atom. The van der Waals surface area contributed by atoms with Crippen molar-refractivity contribution in [2.75, 3.05) is 33.9 Å². The summed E-state index contributed by atoms with van der Waals surface area (Å²) in [5.74, 6) is 0.303. The lowest BCUT2D eigenvalue weighted by Gasteiger charge is -2.27. The van der Waals surface area contributed by atoms with Gasteiger partial charge in [0.05, 0.1) is 13.2 Å². The highest BCUT2D eigenvalue weighted by Crippen LogP contribution is 2.26. The van der Waals surface area contributed by atoms with Gasteiger partial charge in [0.2, 0.25) is 11.8 Å². The molecule has 20 heavy (non-hydrogen) atoms. The van der Waals surface area contributed by atoms with Crippen LogP contribution in [0.25, 0.3) is 0 Å². The Morgan fingerprint density at radius 1 is 1.30 bits per heavy atom. The molecule has 0 aromatic carbocycles. The average Bonchev–Trinajstić information content (AvgIpc) is 2.41. The van der Waals surface area contributed by atoms with Crippen LogP contribution >= 0.6 is 0 Å². The number of nitrogens with one attached hydrogen (secondary N) is 1. The van der Waals surface area contributed by atoms with E-state index in [2.05, 4.69) is 5.32 Å². The summed E-state index contributed by atoms with van der Waals surface area (Å²) in [7, 11) is 3.25. The van der Waals surface area contributed by atoms with Crippen LogP contribution in [0.4, 0.5) is 0 Å². The van der Waals surface area contributed by atoms with E-state index >= 15 is 0 Å². The first-order valence-corrected chi connectivity index (χ1v) is 7.28. The number of carbonyl (C=O) groups is 2. The zero-order chi connectivity index (χ0) is 15.0. The molecule has 0 aromatic heterocycles. The van der Waals surface area contributed by atoms with Gasteiger partial charge < -0.3 is 20.7 Å². The lowest BCUT2D eigenvalue weighted by molar-refractivity contribution is -0.135. The summed E-state index contributed by atoms with van der Waals surface area (Å²) in [6.45, 7) is 1.05. The molecular formula is C14H27N3O3. The molecule has 0 aliphatic heterocycles. The number of carbonyl (C=O) groups excluding carboxylic acids is 2. The summed E-state index contributed by atoms with van der Waals surface area (Å²) >= 11 is 0. The maximum atomic E-state index is 12.0. The summed E-state index contributed by atoms with van der Waals surface area (Å²) in [5.41, 5.74) is 5.85. The second kappa shape index (κ2) is 8.92. The molecule has 0 bridgehead atoms. The molecule has 0 heterocycles. The number of rotatable bonds is 7. The first kappa shape index (κ1) is 16.9. The molecule has 2 amide bonds. The van der Waals surface area contributed by atoms with E-state index in [4.69, 9.17) is 10.5 Å². The van der Waals surface area contributed by atoms with Crippen molar-refractivity contribution in [2.45, 2.75) is 38.1 Å². The third-order valence-electron chi connectivity index (χ3n) is 3.79. The molecule has 6 heteroatoms. The van der Waals surface area contributed by atoms with Crippen molar-refractivity contribution < 1.29 is 14.3 Å². The van der Waals surface area contributed by atoms with Gasteiger partial charge in [0.15, 0.2) is 0 Å². The minimum Gasteiger partial charge on any atom is -0.383 e. The lowest BCUT2D eigenvalue weighted by Crippen LogP contribution is -2.40. The van der Waals surface area contributed by atoms with E-state index in [0.717, 1.165) is 25.7 Å². The van der Waals surface area contributed by atoms with Gasteiger partial charge in [-0.3, -0.25) is 9.59 Å². The molecule has 0 saturated heterocycles. The first-order chi connectivity index (χ1) is 9.52. The Kier molecular flexibility index (Phi) is 7.54. The fourth-order valence-electron chi connectivity index (χ4n) is 2.45. The van der Waals surface area contributed by atoms with Gasteiger partial charge in [0.25, 0.3) is 0 Å². The largest absolute Gasteiger partial charge is 0.383 e. The third-order valence-corrected chi connectivity index (χ3v) is 3.79. The summed E-state index contributed by atoms with van der Waals surface area (Å²) in [5, 5.41) is 2.70. The van der Waals surface area contributed by atoms with Crippen molar-refractivity contribution in [3.8, 4) is 0 Å². The van der Waals surface area contributed by atoms with Crippen LogP contribution in [0.15, 0.2) is 0 Å². The van der Waals surface area contributed by atoms with Crippen molar-refractivity contribution in [2.24, 2.45) is 11.7 Å². The highest BCUT2D eigenvalue weighted by Gasteiger charge is 2.23. The molecule has 1 saturated carbocycles. The zero-order valence-electron chi connectivity index (χ0n) is 12.6. The fourth-order valence-corrected chi connectivity index (χ4v) is 2.45. The summed E-state index contributed by atoms with van der Waals surface area (Å²) in [6.07, 6.45) is 4.55. The number of likely N-dealkylation sites (N-methyl/N-ethyl adjacent to an activating group) is 1. The van der Waals surface area contributed by atoms with E-state index in [-0.39, 0.29) is 18.4 Å². The number of hydrogen-bond donors (Lipinski definition) is 2. The van der Waals surface area contributed by atoms with Crippen molar-refractivity contribution in [1.82, 2.24) is 10.2 Å². The summed E-state index contributed by atoms with van der Waals surface area (Å²) in [6, 6.07) is 0.297. The molecule has 0 radical (unpaired) electrons. The molecule has 1 aliphatic carbocycles. The monoisotopic (exact) mass is 285 g/mol. The van der Waals surface area contributed by atoms with Gasteiger partial charge in [-0.1, -0.05) is 0 Å².